The summed E-state index contributed by atoms with van der Waals surface area (Å²) in [5, 5.41) is 2.71. The monoisotopic (exact) mass is 165 g/mol. The Balaban J connectivity index is 3.93. The first-order valence-corrected chi connectivity index (χ1v) is 3.89. The lowest BCUT2D eigenvalue weighted by atomic mass is 10.2. The molecule has 0 radical (unpaired) electrons. The largest absolute Gasteiger partial charge is 0.352 e. The second kappa shape index (κ2) is 6.40. The van der Waals surface area contributed by atoms with Gasteiger partial charge in [-0.05, 0) is 12.5 Å². The molecule has 0 aliphatic rings. The number of hydrogen-bond donors (Lipinski definition) is 1. The molecule has 0 unspecified atom stereocenters. The van der Waals surface area contributed by atoms with Crippen molar-refractivity contribution in [1.29, 1.82) is 0 Å². The predicted molar refractivity (Wildman–Crippen MR) is 51.8 cm³/mol. The molecule has 2 heteroatoms. The van der Waals surface area contributed by atoms with Crippen molar-refractivity contribution in [2.24, 2.45) is 0 Å². The van der Waals surface area contributed by atoms with Gasteiger partial charge in [0, 0.05) is 13.5 Å². The average molecular weight is 165 g/mol. The SMILES string of the molecule is C=C/C=C\C(=C/C)CNC(C)=O. The standard InChI is InChI=1S/C10H15NO/c1-4-6-7-10(5-2)8-11-9(3)12/h4-7H,1,8H2,2-3H3,(H,11,12)/b7-6-,10-5+. The minimum absolute atomic E-state index is 0.0126. The normalized spacial score (nSPS) is 11.7. The van der Waals surface area contributed by atoms with Crippen LogP contribution in [-0.4, -0.2) is 12.5 Å². The van der Waals surface area contributed by atoms with Gasteiger partial charge in [0.25, 0.3) is 0 Å². The van der Waals surface area contributed by atoms with E-state index in [1.807, 2.05) is 25.2 Å². The summed E-state index contributed by atoms with van der Waals surface area (Å²) in [6.07, 6.45) is 7.42. The van der Waals surface area contributed by atoms with Crippen LogP contribution in [0.2, 0.25) is 0 Å². The van der Waals surface area contributed by atoms with Gasteiger partial charge in [-0.1, -0.05) is 30.9 Å². The molecule has 0 aliphatic heterocycles. The summed E-state index contributed by atoms with van der Waals surface area (Å²) in [7, 11) is 0. The van der Waals surface area contributed by atoms with Crippen molar-refractivity contribution in [3.05, 3.63) is 36.5 Å². The van der Waals surface area contributed by atoms with Crippen LogP contribution < -0.4 is 5.32 Å². The van der Waals surface area contributed by atoms with E-state index in [9.17, 15) is 4.79 Å². The van der Waals surface area contributed by atoms with E-state index in [1.54, 1.807) is 6.08 Å². The third kappa shape index (κ3) is 5.47. The number of rotatable bonds is 4. The van der Waals surface area contributed by atoms with E-state index in [-0.39, 0.29) is 5.91 Å². The number of allylic oxidation sites excluding steroid dienone is 3. The molecule has 0 saturated heterocycles. The highest BCUT2D eigenvalue weighted by Crippen LogP contribution is 1.94. The first-order chi connectivity index (χ1) is 5.70. The zero-order valence-corrected chi connectivity index (χ0v) is 7.63. The molecular formula is C10H15NO. The van der Waals surface area contributed by atoms with Crippen molar-refractivity contribution < 1.29 is 4.79 Å². The second-order valence-corrected chi connectivity index (χ2v) is 2.37. The fourth-order valence-corrected chi connectivity index (χ4v) is 0.675. The molecule has 0 aliphatic carbocycles. The van der Waals surface area contributed by atoms with Crippen molar-refractivity contribution in [3.8, 4) is 0 Å². The zero-order chi connectivity index (χ0) is 9.40. The van der Waals surface area contributed by atoms with E-state index in [0.717, 1.165) is 5.57 Å². The van der Waals surface area contributed by atoms with E-state index in [4.69, 9.17) is 0 Å². The Bertz CT molecular complexity index is 214. The quantitative estimate of drug-likeness (QED) is 0.632. The maximum atomic E-state index is 10.6. The topological polar surface area (TPSA) is 29.1 Å². The Labute approximate surface area is 73.7 Å². The Morgan fingerprint density at radius 3 is 2.67 bits per heavy atom. The van der Waals surface area contributed by atoms with Gasteiger partial charge in [-0.15, -0.1) is 0 Å². The van der Waals surface area contributed by atoms with Gasteiger partial charge in [-0.2, -0.15) is 0 Å². The molecule has 0 aromatic rings. The molecule has 0 aromatic heterocycles. The highest BCUT2D eigenvalue weighted by molar-refractivity contribution is 5.73. The Hall–Kier alpha value is -1.31. The van der Waals surface area contributed by atoms with Crippen molar-refractivity contribution in [2.45, 2.75) is 13.8 Å². The van der Waals surface area contributed by atoms with Crippen LogP contribution in [0.1, 0.15) is 13.8 Å². The van der Waals surface area contributed by atoms with E-state index < -0.39 is 0 Å². The van der Waals surface area contributed by atoms with Crippen LogP contribution in [0, 0.1) is 0 Å². The lowest BCUT2D eigenvalue weighted by molar-refractivity contribution is -0.118. The van der Waals surface area contributed by atoms with Crippen molar-refractivity contribution in [3.63, 3.8) is 0 Å². The lowest BCUT2D eigenvalue weighted by Gasteiger charge is -2.01. The summed E-state index contributed by atoms with van der Waals surface area (Å²) in [5.41, 5.74) is 1.07. The summed E-state index contributed by atoms with van der Waals surface area (Å²) in [5.74, 6) is -0.0126. The van der Waals surface area contributed by atoms with Crippen molar-refractivity contribution in [2.75, 3.05) is 6.54 Å². The van der Waals surface area contributed by atoms with Gasteiger partial charge in [0.15, 0.2) is 0 Å². The fourth-order valence-electron chi connectivity index (χ4n) is 0.675. The maximum Gasteiger partial charge on any atom is 0.217 e. The Morgan fingerprint density at radius 2 is 2.25 bits per heavy atom. The fraction of sp³-hybridized carbons (Fsp3) is 0.300. The van der Waals surface area contributed by atoms with Gasteiger partial charge in [0.2, 0.25) is 5.91 Å². The molecule has 0 bridgehead atoms. The summed E-state index contributed by atoms with van der Waals surface area (Å²) in [6.45, 7) is 7.58. The molecule has 0 spiro atoms. The van der Waals surface area contributed by atoms with Gasteiger partial charge in [-0.3, -0.25) is 4.79 Å². The molecule has 66 valence electrons. The van der Waals surface area contributed by atoms with E-state index in [0.29, 0.717) is 6.54 Å². The predicted octanol–water partition coefficient (Wildman–Crippen LogP) is 1.81. The molecule has 1 N–H and O–H groups in total. The van der Waals surface area contributed by atoms with Crippen LogP contribution in [0.3, 0.4) is 0 Å². The molecule has 0 heterocycles. The summed E-state index contributed by atoms with van der Waals surface area (Å²) in [4.78, 5) is 10.6. The number of carbonyl (C=O) groups excluding carboxylic acids is 1. The van der Waals surface area contributed by atoms with E-state index in [2.05, 4.69) is 11.9 Å². The molecule has 0 saturated carbocycles. The van der Waals surface area contributed by atoms with Crippen molar-refractivity contribution in [1.82, 2.24) is 5.32 Å². The second-order valence-electron chi connectivity index (χ2n) is 2.37. The molecule has 2 nitrogen and oxygen atoms in total. The van der Waals surface area contributed by atoms with Gasteiger partial charge in [0.1, 0.15) is 0 Å². The van der Waals surface area contributed by atoms with E-state index in [1.165, 1.54) is 6.92 Å². The maximum absolute atomic E-state index is 10.6. The molecule has 0 atom stereocenters. The van der Waals surface area contributed by atoms with Crippen LogP contribution in [0.5, 0.6) is 0 Å². The van der Waals surface area contributed by atoms with E-state index >= 15 is 0 Å². The first kappa shape index (κ1) is 10.7. The summed E-state index contributed by atoms with van der Waals surface area (Å²) >= 11 is 0. The van der Waals surface area contributed by atoms with Crippen LogP contribution in [0.15, 0.2) is 36.5 Å². The number of nitrogens with one attached hydrogen (secondary N) is 1. The van der Waals surface area contributed by atoms with Crippen molar-refractivity contribution >= 4 is 5.91 Å². The summed E-state index contributed by atoms with van der Waals surface area (Å²) < 4.78 is 0. The van der Waals surface area contributed by atoms with Crippen LogP contribution in [0.4, 0.5) is 0 Å². The van der Waals surface area contributed by atoms with Gasteiger partial charge < -0.3 is 5.32 Å². The van der Waals surface area contributed by atoms with Gasteiger partial charge in [0.05, 0.1) is 0 Å². The van der Waals surface area contributed by atoms with Crippen LogP contribution in [-0.2, 0) is 4.79 Å². The average Bonchev–Trinajstić information content (AvgIpc) is 2.05. The smallest absolute Gasteiger partial charge is 0.217 e. The number of amides is 1. The molecular weight excluding hydrogens is 150 g/mol. The molecule has 0 rings (SSSR count). The van der Waals surface area contributed by atoms with Gasteiger partial charge in [-0.25, -0.2) is 0 Å². The Kier molecular flexibility index (Phi) is 5.70. The Morgan fingerprint density at radius 1 is 1.58 bits per heavy atom. The number of carbonyl (C=O) groups is 1. The zero-order valence-electron chi connectivity index (χ0n) is 7.63. The van der Waals surface area contributed by atoms with Gasteiger partial charge >= 0.3 is 0 Å². The molecule has 12 heavy (non-hydrogen) atoms. The number of hydrogen-bond acceptors (Lipinski definition) is 1. The van der Waals surface area contributed by atoms with Crippen LogP contribution >= 0.6 is 0 Å². The molecule has 0 fully saturated rings. The highest BCUT2D eigenvalue weighted by atomic mass is 16.1. The third-order valence-corrected chi connectivity index (χ3v) is 1.36. The minimum atomic E-state index is -0.0126. The third-order valence-electron chi connectivity index (χ3n) is 1.36. The minimum Gasteiger partial charge on any atom is -0.352 e. The molecule has 0 aromatic carbocycles. The summed E-state index contributed by atoms with van der Waals surface area (Å²) in [6, 6.07) is 0. The highest BCUT2D eigenvalue weighted by Gasteiger charge is 1.91. The first-order valence-electron chi connectivity index (χ1n) is 3.89. The molecule has 1 amide bonds. The van der Waals surface area contributed by atoms with Crippen LogP contribution in [0.25, 0.3) is 0 Å². The lowest BCUT2D eigenvalue weighted by Crippen LogP contribution is -2.21.